The van der Waals surface area contributed by atoms with E-state index in [0.717, 1.165) is 31.6 Å². The number of rotatable bonds is 6. The largest absolute Gasteiger partial charge is 0.384 e. The number of nitrogens with one attached hydrogen (secondary N) is 2. The molecule has 2 N–H and O–H groups in total. The molecular weight excluding hydrogens is 264 g/mol. The van der Waals surface area contributed by atoms with Gasteiger partial charge in [-0.3, -0.25) is 9.78 Å². The van der Waals surface area contributed by atoms with Crippen LogP contribution in [0.2, 0.25) is 0 Å². The lowest BCUT2D eigenvalue weighted by atomic mass is 9.95. The van der Waals surface area contributed by atoms with Crippen molar-refractivity contribution in [2.24, 2.45) is 0 Å². The van der Waals surface area contributed by atoms with Crippen LogP contribution in [0.3, 0.4) is 0 Å². The van der Waals surface area contributed by atoms with Crippen molar-refractivity contribution in [1.29, 1.82) is 0 Å². The number of amides is 1. The Labute approximate surface area is 127 Å². The second-order valence-electron chi connectivity index (χ2n) is 5.97. The molecule has 1 fully saturated rings. The van der Waals surface area contributed by atoms with E-state index in [1.165, 1.54) is 19.3 Å². The fourth-order valence-electron chi connectivity index (χ4n) is 2.59. The second kappa shape index (κ2) is 7.98. The molecule has 1 aromatic heterocycles. The number of aromatic nitrogens is 1. The van der Waals surface area contributed by atoms with Crippen molar-refractivity contribution in [3.05, 3.63) is 24.0 Å². The number of nitrogens with zero attached hydrogens (tertiary/aromatic N) is 2. The van der Waals surface area contributed by atoms with E-state index in [1.807, 2.05) is 26.2 Å². The monoisotopic (exact) mass is 290 g/mol. The molecule has 0 atom stereocenters. The van der Waals surface area contributed by atoms with E-state index in [9.17, 15) is 4.79 Å². The Balaban J connectivity index is 1.88. The average Bonchev–Trinajstić information content (AvgIpc) is 2.48. The highest BCUT2D eigenvalue weighted by Crippen LogP contribution is 2.18. The van der Waals surface area contributed by atoms with Crippen LogP contribution in [0.25, 0.3) is 0 Å². The highest BCUT2D eigenvalue weighted by atomic mass is 16.1. The molecule has 21 heavy (non-hydrogen) atoms. The van der Waals surface area contributed by atoms with E-state index in [-0.39, 0.29) is 5.91 Å². The standard InChI is InChI=1S/C16H26N4O/c1-20(2)11-10-17-14-8-9-18-15(12-14)16(21)19-13-6-4-3-5-7-13/h8-9,12-13H,3-7,10-11H2,1-2H3,(H,17,18)(H,19,21). The second-order valence-corrected chi connectivity index (χ2v) is 5.97. The summed E-state index contributed by atoms with van der Waals surface area (Å²) >= 11 is 0. The first-order valence-corrected chi connectivity index (χ1v) is 7.80. The van der Waals surface area contributed by atoms with Crippen LogP contribution < -0.4 is 10.6 Å². The van der Waals surface area contributed by atoms with Gasteiger partial charge in [0.15, 0.2) is 0 Å². The Bertz CT molecular complexity index is 455. The molecule has 0 bridgehead atoms. The number of hydrogen-bond acceptors (Lipinski definition) is 4. The third kappa shape index (κ3) is 5.34. The van der Waals surface area contributed by atoms with Crippen LogP contribution in [0, 0.1) is 0 Å². The van der Waals surface area contributed by atoms with E-state index in [0.29, 0.717) is 11.7 Å². The van der Waals surface area contributed by atoms with Gasteiger partial charge in [0.05, 0.1) is 0 Å². The lowest BCUT2D eigenvalue weighted by molar-refractivity contribution is 0.0922. The third-order valence-corrected chi connectivity index (χ3v) is 3.82. The molecule has 2 rings (SSSR count). The van der Waals surface area contributed by atoms with Crippen LogP contribution in [0.1, 0.15) is 42.6 Å². The topological polar surface area (TPSA) is 57.3 Å². The fourth-order valence-corrected chi connectivity index (χ4v) is 2.59. The van der Waals surface area contributed by atoms with Crippen molar-refractivity contribution in [2.45, 2.75) is 38.1 Å². The molecular formula is C16H26N4O. The van der Waals surface area contributed by atoms with Crippen LogP contribution in [-0.2, 0) is 0 Å². The normalized spacial score (nSPS) is 16.0. The summed E-state index contributed by atoms with van der Waals surface area (Å²) < 4.78 is 0. The van der Waals surface area contributed by atoms with Crippen molar-refractivity contribution in [3.8, 4) is 0 Å². The summed E-state index contributed by atoms with van der Waals surface area (Å²) in [5.74, 6) is -0.0573. The zero-order valence-corrected chi connectivity index (χ0v) is 13.1. The van der Waals surface area contributed by atoms with E-state index in [1.54, 1.807) is 6.20 Å². The molecule has 0 aromatic carbocycles. The summed E-state index contributed by atoms with van der Waals surface area (Å²) in [6.45, 7) is 1.80. The lowest BCUT2D eigenvalue weighted by Crippen LogP contribution is -2.36. The van der Waals surface area contributed by atoms with Crippen molar-refractivity contribution >= 4 is 11.6 Å². The molecule has 1 heterocycles. The predicted octanol–water partition coefficient (Wildman–Crippen LogP) is 2.12. The van der Waals surface area contributed by atoms with Crippen LogP contribution >= 0.6 is 0 Å². The molecule has 0 unspecified atom stereocenters. The molecule has 0 spiro atoms. The zero-order valence-electron chi connectivity index (χ0n) is 13.1. The first kappa shape index (κ1) is 15.8. The molecule has 1 aromatic rings. The van der Waals surface area contributed by atoms with Gasteiger partial charge in [0.25, 0.3) is 5.91 Å². The summed E-state index contributed by atoms with van der Waals surface area (Å²) in [6, 6.07) is 4.04. The van der Waals surface area contributed by atoms with Crippen molar-refractivity contribution in [2.75, 3.05) is 32.5 Å². The Kier molecular flexibility index (Phi) is 5.99. The van der Waals surface area contributed by atoms with Crippen LogP contribution in [-0.4, -0.2) is 49.0 Å². The van der Waals surface area contributed by atoms with Gasteiger partial charge < -0.3 is 15.5 Å². The van der Waals surface area contributed by atoms with Crippen LogP contribution in [0.15, 0.2) is 18.3 Å². The molecule has 0 radical (unpaired) electrons. The summed E-state index contributed by atoms with van der Waals surface area (Å²) in [6.07, 6.45) is 7.58. The van der Waals surface area contributed by atoms with Crippen LogP contribution in [0.5, 0.6) is 0 Å². The summed E-state index contributed by atoms with van der Waals surface area (Å²) in [5, 5.41) is 6.41. The van der Waals surface area contributed by atoms with Gasteiger partial charge in [-0.1, -0.05) is 19.3 Å². The molecule has 0 saturated heterocycles. The molecule has 1 aliphatic rings. The first-order valence-electron chi connectivity index (χ1n) is 7.80. The number of carbonyl (C=O) groups excluding carboxylic acids is 1. The van der Waals surface area contributed by atoms with E-state index in [2.05, 4.69) is 20.5 Å². The van der Waals surface area contributed by atoms with Gasteiger partial charge in [0.1, 0.15) is 5.69 Å². The lowest BCUT2D eigenvalue weighted by Gasteiger charge is -2.22. The van der Waals surface area contributed by atoms with Crippen molar-refractivity contribution in [3.63, 3.8) is 0 Å². The van der Waals surface area contributed by atoms with Gasteiger partial charge in [-0.25, -0.2) is 0 Å². The fraction of sp³-hybridized carbons (Fsp3) is 0.625. The van der Waals surface area contributed by atoms with Gasteiger partial charge >= 0.3 is 0 Å². The zero-order chi connectivity index (χ0) is 15.1. The number of carbonyl (C=O) groups is 1. The molecule has 5 nitrogen and oxygen atoms in total. The Morgan fingerprint density at radius 3 is 2.81 bits per heavy atom. The highest BCUT2D eigenvalue weighted by molar-refractivity contribution is 5.93. The maximum absolute atomic E-state index is 12.2. The van der Waals surface area contributed by atoms with Gasteiger partial charge in [-0.05, 0) is 39.1 Å². The minimum atomic E-state index is -0.0573. The summed E-state index contributed by atoms with van der Waals surface area (Å²) in [7, 11) is 4.08. The molecule has 0 aliphatic heterocycles. The number of anilines is 1. The van der Waals surface area contributed by atoms with Gasteiger partial charge in [-0.15, -0.1) is 0 Å². The summed E-state index contributed by atoms with van der Waals surface area (Å²) in [4.78, 5) is 18.5. The summed E-state index contributed by atoms with van der Waals surface area (Å²) in [5.41, 5.74) is 1.44. The van der Waals surface area contributed by atoms with E-state index < -0.39 is 0 Å². The minimum Gasteiger partial charge on any atom is -0.384 e. The van der Waals surface area contributed by atoms with Gasteiger partial charge in [0, 0.05) is 31.0 Å². The van der Waals surface area contributed by atoms with E-state index in [4.69, 9.17) is 0 Å². The molecule has 5 heteroatoms. The Hall–Kier alpha value is -1.62. The number of pyridine rings is 1. The smallest absolute Gasteiger partial charge is 0.270 e. The number of likely N-dealkylation sites (N-methyl/N-ethyl adjacent to an activating group) is 1. The maximum atomic E-state index is 12.2. The Morgan fingerprint density at radius 2 is 2.10 bits per heavy atom. The van der Waals surface area contributed by atoms with Gasteiger partial charge in [0.2, 0.25) is 0 Å². The van der Waals surface area contributed by atoms with E-state index >= 15 is 0 Å². The molecule has 116 valence electrons. The maximum Gasteiger partial charge on any atom is 0.270 e. The molecule has 1 saturated carbocycles. The van der Waals surface area contributed by atoms with Crippen LogP contribution in [0.4, 0.5) is 5.69 Å². The Morgan fingerprint density at radius 1 is 1.33 bits per heavy atom. The SMILES string of the molecule is CN(C)CCNc1ccnc(C(=O)NC2CCCCC2)c1. The average molecular weight is 290 g/mol. The van der Waals surface area contributed by atoms with Crippen molar-refractivity contribution < 1.29 is 4.79 Å². The first-order chi connectivity index (χ1) is 10.1. The molecule has 1 aliphatic carbocycles. The van der Waals surface area contributed by atoms with Crippen molar-refractivity contribution in [1.82, 2.24) is 15.2 Å². The predicted molar refractivity (Wildman–Crippen MR) is 85.6 cm³/mol. The quantitative estimate of drug-likeness (QED) is 0.842. The number of hydrogen-bond donors (Lipinski definition) is 2. The minimum absolute atomic E-state index is 0.0573. The molecule has 1 amide bonds. The van der Waals surface area contributed by atoms with Gasteiger partial charge in [-0.2, -0.15) is 0 Å². The highest BCUT2D eigenvalue weighted by Gasteiger charge is 2.17. The third-order valence-electron chi connectivity index (χ3n) is 3.82.